The van der Waals surface area contributed by atoms with Gasteiger partial charge in [-0.1, -0.05) is 35.9 Å². The molecule has 15 heteroatoms. The van der Waals surface area contributed by atoms with Crippen LogP contribution in [0.25, 0.3) is 22.2 Å². The molecule has 2 aliphatic heterocycles. The van der Waals surface area contributed by atoms with Crippen LogP contribution in [0.3, 0.4) is 0 Å². The van der Waals surface area contributed by atoms with E-state index in [1.54, 1.807) is 47.5 Å². The van der Waals surface area contributed by atoms with Crippen LogP contribution in [0.5, 0.6) is 0 Å². The summed E-state index contributed by atoms with van der Waals surface area (Å²) in [5, 5.41) is 25.5. The van der Waals surface area contributed by atoms with Crippen LogP contribution in [0, 0.1) is 13.8 Å². The van der Waals surface area contributed by atoms with Crippen LogP contribution in [0.1, 0.15) is 57.1 Å². The lowest BCUT2D eigenvalue weighted by Gasteiger charge is -2.28. The molecule has 1 atom stereocenters. The van der Waals surface area contributed by atoms with Crippen molar-refractivity contribution in [3.8, 4) is 11.1 Å². The highest BCUT2D eigenvalue weighted by molar-refractivity contribution is 6.36. The molecular weight excluding hydrogens is 706 g/mol. The molecule has 0 bridgehead atoms. The summed E-state index contributed by atoms with van der Waals surface area (Å²) in [5.41, 5.74) is 7.23. The van der Waals surface area contributed by atoms with Crippen molar-refractivity contribution >= 4 is 51.7 Å². The number of hydrogen-bond donors (Lipinski definition) is 4. The van der Waals surface area contributed by atoms with Crippen molar-refractivity contribution in [1.82, 2.24) is 29.7 Å². The number of pyridine rings is 2. The van der Waals surface area contributed by atoms with E-state index in [1.165, 1.54) is 0 Å². The number of hydrogen-bond acceptors (Lipinski definition) is 10. The number of carbonyl (C=O) groups is 2. The molecule has 1 fully saturated rings. The van der Waals surface area contributed by atoms with Gasteiger partial charge in [0.05, 0.1) is 34.6 Å². The zero-order valence-electron chi connectivity index (χ0n) is 29.0. The first-order valence-corrected chi connectivity index (χ1v) is 17.6. The fraction of sp³-hybridized carbons (Fsp3) is 0.316. The maximum atomic E-state index is 14.0. The van der Waals surface area contributed by atoms with E-state index < -0.39 is 24.1 Å². The number of aliphatic hydroxyl groups excluding tert-OH is 1. The van der Waals surface area contributed by atoms with Crippen molar-refractivity contribution in [1.29, 1.82) is 0 Å². The van der Waals surface area contributed by atoms with E-state index >= 15 is 0 Å². The van der Waals surface area contributed by atoms with Crippen molar-refractivity contribution in [3.63, 3.8) is 0 Å². The topological polar surface area (TPSA) is 157 Å². The quantitative estimate of drug-likeness (QED) is 0.127. The highest BCUT2D eigenvalue weighted by atomic mass is 35.5. The van der Waals surface area contributed by atoms with Crippen molar-refractivity contribution in [2.75, 3.05) is 36.8 Å². The number of β-amino-alcohol motifs (C(OH)–C–C–N with tert-alkyl or cyclic N) is 1. The highest BCUT2D eigenvalue weighted by Crippen LogP contribution is 2.39. The average molecular weight is 743 g/mol. The van der Waals surface area contributed by atoms with E-state index in [0.29, 0.717) is 67.2 Å². The molecule has 2 aliphatic rings. The molecule has 0 unspecified atom stereocenters. The van der Waals surface area contributed by atoms with Crippen LogP contribution in [0.15, 0.2) is 54.7 Å². The number of rotatable bonds is 10. The second-order valence-electron chi connectivity index (χ2n) is 13.4. The van der Waals surface area contributed by atoms with E-state index in [9.17, 15) is 28.6 Å². The molecule has 53 heavy (non-hydrogen) atoms. The van der Waals surface area contributed by atoms with Gasteiger partial charge >= 0.3 is 5.97 Å². The number of halogens is 3. The Morgan fingerprint density at radius 3 is 2.53 bits per heavy atom. The molecule has 5 aromatic rings. The first kappa shape index (κ1) is 36.2. The first-order valence-electron chi connectivity index (χ1n) is 17.2. The molecule has 7 rings (SSSR count). The lowest BCUT2D eigenvalue weighted by molar-refractivity contribution is -0.138. The van der Waals surface area contributed by atoms with Crippen molar-refractivity contribution in [2.45, 2.75) is 52.3 Å². The number of aliphatic carboxylic acids is 1. The number of nitrogens with zero attached hydrogens (tertiary/aromatic N) is 6. The lowest BCUT2D eigenvalue weighted by atomic mass is 9.98. The summed E-state index contributed by atoms with van der Waals surface area (Å²) >= 11 is 6.94. The number of fused-ring (bicyclic) bond motifs is 2. The van der Waals surface area contributed by atoms with E-state index in [4.69, 9.17) is 11.6 Å². The van der Waals surface area contributed by atoms with Crippen LogP contribution < -0.4 is 10.6 Å². The average Bonchev–Trinajstić information content (AvgIpc) is 3.53. The Labute approximate surface area is 308 Å². The van der Waals surface area contributed by atoms with Gasteiger partial charge < -0.3 is 20.8 Å². The van der Waals surface area contributed by atoms with Gasteiger partial charge in [0.1, 0.15) is 11.2 Å². The summed E-state index contributed by atoms with van der Waals surface area (Å²) < 4.78 is 28.0. The fourth-order valence-corrected chi connectivity index (χ4v) is 7.29. The van der Waals surface area contributed by atoms with Gasteiger partial charge in [-0.05, 0) is 78.8 Å². The molecule has 0 saturated carbocycles. The molecule has 1 saturated heterocycles. The van der Waals surface area contributed by atoms with Gasteiger partial charge in [0.2, 0.25) is 0 Å². The normalized spacial score (nSPS) is 16.2. The van der Waals surface area contributed by atoms with Crippen LogP contribution >= 0.6 is 11.6 Å². The predicted molar refractivity (Wildman–Crippen MR) is 197 cm³/mol. The van der Waals surface area contributed by atoms with Gasteiger partial charge in [-0.2, -0.15) is 0 Å². The third-order valence-electron chi connectivity index (χ3n) is 9.66. The SMILES string of the molecule is Cc1cc(C(=O)Nc2cccc(-c3cccc(Nc4nc(C(F)F)nc5cc(CN6CC[C@@H](O)C6)cnc45)c3C)c2Cl)nc2c1CCN(CC(=O)O)C2. The maximum Gasteiger partial charge on any atom is 0.317 e. The Morgan fingerprint density at radius 1 is 1.02 bits per heavy atom. The van der Waals surface area contributed by atoms with Crippen molar-refractivity contribution in [3.05, 3.63) is 99.2 Å². The van der Waals surface area contributed by atoms with Crippen LogP contribution in [-0.2, 0) is 24.3 Å². The minimum absolute atomic E-state index is 0.106. The number of amides is 1. The second-order valence-corrected chi connectivity index (χ2v) is 13.8. The Kier molecular flexibility index (Phi) is 10.3. The van der Waals surface area contributed by atoms with Gasteiger partial charge in [-0.25, -0.2) is 23.7 Å². The van der Waals surface area contributed by atoms with Crippen LogP contribution in [0.4, 0.5) is 26.0 Å². The van der Waals surface area contributed by atoms with Gasteiger partial charge in [-0.3, -0.25) is 24.4 Å². The first-order chi connectivity index (χ1) is 25.4. The third-order valence-corrected chi connectivity index (χ3v) is 10.1. The number of alkyl halides is 2. The molecule has 3 aromatic heterocycles. The number of aliphatic hydroxyl groups is 1. The van der Waals surface area contributed by atoms with E-state index in [0.717, 1.165) is 34.4 Å². The fourth-order valence-electron chi connectivity index (χ4n) is 7.02. The van der Waals surface area contributed by atoms with Crippen LogP contribution in [0.2, 0.25) is 5.02 Å². The Bertz CT molecular complexity index is 2240. The Morgan fingerprint density at radius 2 is 1.79 bits per heavy atom. The summed E-state index contributed by atoms with van der Waals surface area (Å²) in [6.07, 6.45) is -0.298. The summed E-state index contributed by atoms with van der Waals surface area (Å²) in [6, 6.07) is 14.2. The monoisotopic (exact) mass is 742 g/mol. The third kappa shape index (κ3) is 7.81. The molecule has 2 aromatic carbocycles. The lowest BCUT2D eigenvalue weighted by Crippen LogP contribution is -2.36. The van der Waals surface area contributed by atoms with Crippen LogP contribution in [-0.4, -0.2) is 84.1 Å². The summed E-state index contributed by atoms with van der Waals surface area (Å²) in [4.78, 5) is 46.0. The second kappa shape index (κ2) is 15.1. The molecule has 0 radical (unpaired) electrons. The molecular formula is C38H37ClF2N8O4. The van der Waals surface area contributed by atoms with Crippen molar-refractivity contribution in [2.24, 2.45) is 0 Å². The van der Waals surface area contributed by atoms with Gasteiger partial charge in [0, 0.05) is 50.2 Å². The zero-order chi connectivity index (χ0) is 37.4. The largest absolute Gasteiger partial charge is 0.480 e. The predicted octanol–water partition coefficient (Wildman–Crippen LogP) is 6.30. The molecule has 5 heterocycles. The van der Waals surface area contributed by atoms with E-state index in [-0.39, 0.29) is 34.7 Å². The molecule has 274 valence electrons. The summed E-state index contributed by atoms with van der Waals surface area (Å²) in [6.45, 7) is 6.38. The molecule has 0 spiro atoms. The minimum Gasteiger partial charge on any atom is -0.480 e. The smallest absolute Gasteiger partial charge is 0.317 e. The van der Waals surface area contributed by atoms with Gasteiger partial charge in [0.25, 0.3) is 12.3 Å². The standard InChI is InChI=1S/C38H37ClF2N8O4/c1-20-13-30(43-31-18-49(19-32(51)52)12-10-24(20)31)38(53)46-28-8-4-6-26(33(28)39)25-5-3-7-27(21(25)2)44-36-34-29(45-37(47-36)35(40)41)14-22(15-42-34)16-48-11-9-23(50)17-48/h3-8,13-15,23,35,50H,9-12,16-19H2,1-2H3,(H,46,53)(H,51,52)(H,44,45,47)/t23-/m1/s1. The number of carboxylic acid groups (broad SMARTS) is 1. The number of aryl methyl sites for hydroxylation is 1. The molecule has 0 aliphatic carbocycles. The number of aromatic nitrogens is 4. The number of benzene rings is 2. The molecule has 1 amide bonds. The number of anilines is 3. The summed E-state index contributed by atoms with van der Waals surface area (Å²) in [7, 11) is 0. The minimum atomic E-state index is -2.91. The number of likely N-dealkylation sites (tertiary alicyclic amines) is 1. The number of carbonyl (C=O) groups excluding carboxylic acids is 1. The Balaban J connectivity index is 1.15. The Hall–Kier alpha value is -5.15. The number of nitrogens with one attached hydrogen (secondary N) is 2. The zero-order valence-corrected chi connectivity index (χ0v) is 29.8. The van der Waals surface area contributed by atoms with Gasteiger partial charge in [-0.15, -0.1) is 0 Å². The molecule has 12 nitrogen and oxygen atoms in total. The summed E-state index contributed by atoms with van der Waals surface area (Å²) in [5.74, 6) is -1.89. The molecule has 4 N–H and O–H groups in total. The van der Waals surface area contributed by atoms with E-state index in [2.05, 4.69) is 35.5 Å². The van der Waals surface area contributed by atoms with Gasteiger partial charge in [0.15, 0.2) is 11.6 Å². The number of carboxylic acids is 1. The van der Waals surface area contributed by atoms with E-state index in [1.807, 2.05) is 26.0 Å². The maximum absolute atomic E-state index is 14.0. The highest BCUT2D eigenvalue weighted by Gasteiger charge is 2.25. The van der Waals surface area contributed by atoms with Crippen molar-refractivity contribution < 1.29 is 28.6 Å².